The van der Waals surface area contributed by atoms with Gasteiger partial charge >= 0.3 is 5.97 Å². The Bertz CT molecular complexity index is 683. The normalized spacial score (nSPS) is 11.7. The molecule has 0 N–H and O–H groups in total. The Kier molecular flexibility index (Phi) is 5.76. The second kappa shape index (κ2) is 7.78. The van der Waals surface area contributed by atoms with Gasteiger partial charge in [-0.3, -0.25) is 14.9 Å². The van der Waals surface area contributed by atoms with Crippen molar-refractivity contribution in [2.24, 2.45) is 0 Å². The molecule has 0 unspecified atom stereocenters. The predicted molar refractivity (Wildman–Crippen MR) is 89.4 cm³/mol. The van der Waals surface area contributed by atoms with Crippen LogP contribution in [0.3, 0.4) is 0 Å². The molecule has 0 fully saturated rings. The molecule has 2 aromatic rings. The van der Waals surface area contributed by atoms with E-state index in [4.69, 9.17) is 4.74 Å². The first kappa shape index (κ1) is 17.0. The summed E-state index contributed by atoms with van der Waals surface area (Å²) in [5.41, 5.74) is 2.13. The van der Waals surface area contributed by atoms with E-state index in [1.807, 2.05) is 31.2 Å². The summed E-state index contributed by atoms with van der Waals surface area (Å²) < 4.78 is 5.30. The van der Waals surface area contributed by atoms with E-state index in [9.17, 15) is 14.9 Å². The van der Waals surface area contributed by atoms with Gasteiger partial charge in [-0.05, 0) is 31.5 Å². The van der Waals surface area contributed by atoms with E-state index in [0.717, 1.165) is 16.0 Å². The van der Waals surface area contributed by atoms with Gasteiger partial charge in [0.15, 0.2) is 0 Å². The number of aryl methyl sites for hydroxylation is 1. The molecule has 0 aliphatic heterocycles. The van der Waals surface area contributed by atoms with Crippen LogP contribution in [0, 0.1) is 17.0 Å². The zero-order valence-corrected chi connectivity index (χ0v) is 13.7. The Hall–Kier alpha value is -2.34. The van der Waals surface area contributed by atoms with E-state index >= 15 is 0 Å². The van der Waals surface area contributed by atoms with E-state index in [1.54, 1.807) is 19.1 Å². The summed E-state index contributed by atoms with van der Waals surface area (Å²) in [6, 6.07) is 13.9. The Morgan fingerprint density at radius 1 is 1.17 bits per heavy atom. The quantitative estimate of drug-likeness (QED) is 0.344. The van der Waals surface area contributed by atoms with Gasteiger partial charge in [0.2, 0.25) is 0 Å². The highest BCUT2D eigenvalue weighted by Gasteiger charge is 2.16. The molecule has 2 aromatic carbocycles. The standard InChI is InChI=1S/C17H17NO4S/c1-12-3-5-14(6-4-12)11-22-17(19)13(2)23-16-9-7-15(8-10-16)18(20)21/h3-10,13H,11H2,1-2H3/t13-/m0/s1. The number of nitro groups is 1. The molecule has 0 saturated heterocycles. The van der Waals surface area contributed by atoms with Gasteiger partial charge in [-0.1, -0.05) is 29.8 Å². The van der Waals surface area contributed by atoms with Crippen molar-refractivity contribution in [3.8, 4) is 0 Å². The van der Waals surface area contributed by atoms with Gasteiger partial charge in [0.1, 0.15) is 11.9 Å². The average Bonchev–Trinajstić information content (AvgIpc) is 2.54. The number of nitrogens with zero attached hydrogens (tertiary/aromatic N) is 1. The molecule has 0 heterocycles. The first-order valence-corrected chi connectivity index (χ1v) is 7.97. The lowest BCUT2D eigenvalue weighted by atomic mass is 10.2. The second-order valence-electron chi connectivity index (χ2n) is 5.10. The van der Waals surface area contributed by atoms with Crippen LogP contribution in [-0.4, -0.2) is 16.1 Å². The number of hydrogen-bond acceptors (Lipinski definition) is 5. The number of hydrogen-bond donors (Lipinski definition) is 0. The molecule has 0 amide bonds. The summed E-state index contributed by atoms with van der Waals surface area (Å²) in [5.74, 6) is -0.311. The summed E-state index contributed by atoms with van der Waals surface area (Å²) in [6.07, 6.45) is 0. The maximum absolute atomic E-state index is 12.0. The highest BCUT2D eigenvalue weighted by Crippen LogP contribution is 2.26. The molecule has 0 aliphatic carbocycles. The highest BCUT2D eigenvalue weighted by molar-refractivity contribution is 8.00. The molecule has 0 saturated carbocycles. The summed E-state index contributed by atoms with van der Waals surface area (Å²) >= 11 is 1.31. The number of nitro benzene ring substituents is 1. The topological polar surface area (TPSA) is 69.4 Å². The van der Waals surface area contributed by atoms with Crippen LogP contribution in [0.4, 0.5) is 5.69 Å². The maximum atomic E-state index is 12.0. The zero-order valence-electron chi connectivity index (χ0n) is 12.9. The van der Waals surface area contributed by atoms with E-state index in [-0.39, 0.29) is 23.5 Å². The largest absolute Gasteiger partial charge is 0.460 e. The number of rotatable bonds is 6. The SMILES string of the molecule is Cc1ccc(COC(=O)[C@H](C)Sc2ccc([N+](=O)[O-])cc2)cc1. The summed E-state index contributed by atoms with van der Waals surface area (Å²) in [7, 11) is 0. The lowest BCUT2D eigenvalue weighted by Gasteiger charge is -2.11. The van der Waals surface area contributed by atoms with Crippen molar-refractivity contribution < 1.29 is 14.5 Å². The van der Waals surface area contributed by atoms with Crippen molar-refractivity contribution in [1.29, 1.82) is 0 Å². The van der Waals surface area contributed by atoms with Gasteiger partial charge in [-0.15, -0.1) is 11.8 Å². The molecule has 0 spiro atoms. The van der Waals surface area contributed by atoms with Crippen molar-refractivity contribution in [3.63, 3.8) is 0 Å². The molecule has 5 nitrogen and oxygen atoms in total. The number of carbonyl (C=O) groups excluding carboxylic acids is 1. The van der Waals surface area contributed by atoms with Gasteiger partial charge in [0, 0.05) is 17.0 Å². The molecule has 0 bridgehead atoms. The highest BCUT2D eigenvalue weighted by atomic mass is 32.2. The van der Waals surface area contributed by atoms with Crippen molar-refractivity contribution >= 4 is 23.4 Å². The molecule has 0 radical (unpaired) electrons. The number of benzene rings is 2. The summed E-state index contributed by atoms with van der Waals surface area (Å²) in [4.78, 5) is 23.0. The van der Waals surface area contributed by atoms with Crippen molar-refractivity contribution in [3.05, 3.63) is 69.8 Å². The van der Waals surface area contributed by atoms with Crippen LogP contribution in [0.25, 0.3) is 0 Å². The molecular formula is C17H17NO4S. The van der Waals surface area contributed by atoms with E-state index in [0.29, 0.717) is 0 Å². The summed E-state index contributed by atoms with van der Waals surface area (Å²) in [6.45, 7) is 3.99. The smallest absolute Gasteiger partial charge is 0.319 e. The Morgan fingerprint density at radius 2 is 1.78 bits per heavy atom. The van der Waals surface area contributed by atoms with Gasteiger partial charge in [-0.25, -0.2) is 0 Å². The van der Waals surface area contributed by atoms with E-state index in [1.165, 1.54) is 23.9 Å². The van der Waals surface area contributed by atoms with E-state index < -0.39 is 4.92 Å². The number of non-ortho nitro benzene ring substituents is 1. The minimum Gasteiger partial charge on any atom is -0.460 e. The lowest BCUT2D eigenvalue weighted by molar-refractivity contribution is -0.384. The minimum atomic E-state index is -0.451. The molecule has 1 atom stereocenters. The first-order chi connectivity index (χ1) is 11.0. The molecule has 2 rings (SSSR count). The fourth-order valence-corrected chi connectivity index (χ4v) is 2.72. The fraction of sp³-hybridized carbons (Fsp3) is 0.235. The lowest BCUT2D eigenvalue weighted by Crippen LogP contribution is -2.16. The summed E-state index contributed by atoms with van der Waals surface area (Å²) in [5, 5.41) is 10.2. The monoisotopic (exact) mass is 331 g/mol. The number of esters is 1. The van der Waals surface area contributed by atoms with Crippen LogP contribution < -0.4 is 0 Å². The van der Waals surface area contributed by atoms with Crippen LogP contribution in [0.15, 0.2) is 53.4 Å². The third kappa shape index (κ3) is 5.10. The third-order valence-electron chi connectivity index (χ3n) is 3.19. The average molecular weight is 331 g/mol. The predicted octanol–water partition coefficient (Wildman–Crippen LogP) is 4.13. The zero-order chi connectivity index (χ0) is 16.8. The van der Waals surface area contributed by atoms with Gasteiger partial charge in [0.25, 0.3) is 5.69 Å². The Balaban J connectivity index is 1.86. The maximum Gasteiger partial charge on any atom is 0.319 e. The van der Waals surface area contributed by atoms with Crippen LogP contribution in [0.2, 0.25) is 0 Å². The molecule has 6 heteroatoms. The third-order valence-corrected chi connectivity index (χ3v) is 4.28. The Labute approximate surface area is 138 Å². The van der Waals surface area contributed by atoms with Crippen LogP contribution in [0.5, 0.6) is 0 Å². The minimum absolute atomic E-state index is 0.0314. The number of thioether (sulfide) groups is 1. The van der Waals surface area contributed by atoms with E-state index in [2.05, 4.69) is 0 Å². The molecule has 23 heavy (non-hydrogen) atoms. The number of carbonyl (C=O) groups is 1. The van der Waals surface area contributed by atoms with Gasteiger partial charge in [0.05, 0.1) is 4.92 Å². The first-order valence-electron chi connectivity index (χ1n) is 7.09. The van der Waals surface area contributed by atoms with Gasteiger partial charge in [-0.2, -0.15) is 0 Å². The van der Waals surface area contributed by atoms with Crippen molar-refractivity contribution in [2.75, 3.05) is 0 Å². The number of ether oxygens (including phenoxy) is 1. The second-order valence-corrected chi connectivity index (χ2v) is 6.52. The molecular weight excluding hydrogens is 314 g/mol. The molecule has 0 aliphatic rings. The van der Waals surface area contributed by atoms with Gasteiger partial charge < -0.3 is 4.74 Å². The van der Waals surface area contributed by atoms with Crippen LogP contribution >= 0.6 is 11.8 Å². The van der Waals surface area contributed by atoms with Crippen molar-refractivity contribution in [2.45, 2.75) is 30.6 Å². The molecule has 120 valence electrons. The molecule has 0 aromatic heterocycles. The van der Waals surface area contributed by atoms with Crippen LogP contribution in [-0.2, 0) is 16.1 Å². The van der Waals surface area contributed by atoms with Crippen LogP contribution in [0.1, 0.15) is 18.1 Å². The fourth-order valence-electron chi connectivity index (χ4n) is 1.85. The Morgan fingerprint density at radius 3 is 2.35 bits per heavy atom. The van der Waals surface area contributed by atoms with Crippen molar-refractivity contribution in [1.82, 2.24) is 0 Å².